The summed E-state index contributed by atoms with van der Waals surface area (Å²) in [6.45, 7) is 10.8. The minimum atomic E-state index is -0.146. The van der Waals surface area contributed by atoms with Gasteiger partial charge in [-0.1, -0.05) is 40.5 Å². The Labute approximate surface area is 83.5 Å². The van der Waals surface area contributed by atoms with Crippen LogP contribution in [0.5, 0.6) is 0 Å². The second-order valence-corrected chi connectivity index (χ2v) is 4.97. The second-order valence-electron chi connectivity index (χ2n) is 4.97. The third-order valence-electron chi connectivity index (χ3n) is 2.79. The van der Waals surface area contributed by atoms with E-state index >= 15 is 0 Å². The third kappa shape index (κ3) is 6.09. The zero-order valence-corrected chi connectivity index (χ0v) is 9.88. The number of hydrogen-bond donors (Lipinski definition) is 1. The molecule has 0 saturated heterocycles. The van der Waals surface area contributed by atoms with Crippen LogP contribution in [0.15, 0.2) is 0 Å². The fraction of sp³-hybridized carbons (Fsp3) is 1.00. The Balaban J connectivity index is 3.70. The number of rotatable bonds is 6. The summed E-state index contributed by atoms with van der Waals surface area (Å²) in [4.78, 5) is 0. The Bertz CT molecular complexity index is 108. The van der Waals surface area contributed by atoms with Crippen molar-refractivity contribution in [2.24, 2.45) is 17.8 Å². The molecule has 0 heterocycles. The van der Waals surface area contributed by atoms with Crippen molar-refractivity contribution in [2.45, 2.75) is 60.0 Å². The summed E-state index contributed by atoms with van der Waals surface area (Å²) < 4.78 is 0. The van der Waals surface area contributed by atoms with Crippen molar-refractivity contribution in [3.8, 4) is 0 Å². The summed E-state index contributed by atoms with van der Waals surface area (Å²) in [5, 5.41) is 9.55. The van der Waals surface area contributed by atoms with Crippen molar-refractivity contribution in [1.29, 1.82) is 0 Å². The Morgan fingerprint density at radius 2 is 1.46 bits per heavy atom. The van der Waals surface area contributed by atoms with E-state index in [-0.39, 0.29) is 6.10 Å². The van der Waals surface area contributed by atoms with E-state index < -0.39 is 0 Å². The van der Waals surface area contributed by atoms with Gasteiger partial charge in [0.2, 0.25) is 0 Å². The molecule has 1 nitrogen and oxygen atoms in total. The van der Waals surface area contributed by atoms with E-state index in [1.165, 1.54) is 19.3 Å². The molecule has 0 aliphatic heterocycles. The summed E-state index contributed by atoms with van der Waals surface area (Å²) in [5.74, 6) is 1.88. The molecule has 0 aromatic rings. The summed E-state index contributed by atoms with van der Waals surface area (Å²) in [6, 6.07) is 0. The molecule has 0 aromatic carbocycles. The zero-order valence-electron chi connectivity index (χ0n) is 9.88. The van der Waals surface area contributed by atoms with Crippen LogP contribution in [0.1, 0.15) is 53.9 Å². The molecular weight excluding hydrogens is 160 g/mol. The van der Waals surface area contributed by atoms with Gasteiger partial charge in [-0.25, -0.2) is 0 Å². The van der Waals surface area contributed by atoms with Gasteiger partial charge >= 0.3 is 0 Å². The maximum atomic E-state index is 9.55. The molecule has 0 amide bonds. The molecule has 2 unspecified atom stereocenters. The van der Waals surface area contributed by atoms with E-state index in [1.54, 1.807) is 0 Å². The second kappa shape index (κ2) is 6.42. The highest BCUT2D eigenvalue weighted by molar-refractivity contribution is 4.68. The summed E-state index contributed by atoms with van der Waals surface area (Å²) in [6.07, 6.45) is 3.57. The molecule has 0 rings (SSSR count). The highest BCUT2D eigenvalue weighted by Crippen LogP contribution is 2.22. The summed E-state index contributed by atoms with van der Waals surface area (Å²) >= 11 is 0. The van der Waals surface area contributed by atoms with Crippen molar-refractivity contribution in [2.75, 3.05) is 0 Å². The van der Waals surface area contributed by atoms with E-state index in [0.717, 1.165) is 5.92 Å². The van der Waals surface area contributed by atoms with Gasteiger partial charge in [0.15, 0.2) is 0 Å². The fourth-order valence-electron chi connectivity index (χ4n) is 1.89. The molecule has 0 aliphatic carbocycles. The average molecular weight is 186 g/mol. The predicted octanol–water partition coefficient (Wildman–Crippen LogP) is 3.47. The lowest BCUT2D eigenvalue weighted by Crippen LogP contribution is -2.22. The molecule has 1 heteroatoms. The van der Waals surface area contributed by atoms with Crippen LogP contribution in [-0.2, 0) is 0 Å². The van der Waals surface area contributed by atoms with Gasteiger partial charge in [-0.2, -0.15) is 0 Å². The molecule has 2 atom stereocenters. The lowest BCUT2D eigenvalue weighted by molar-refractivity contribution is 0.0895. The van der Waals surface area contributed by atoms with Crippen LogP contribution in [0.25, 0.3) is 0 Å². The largest absolute Gasteiger partial charge is 0.393 e. The van der Waals surface area contributed by atoms with Gasteiger partial charge in [0.25, 0.3) is 0 Å². The molecule has 0 aliphatic rings. The van der Waals surface area contributed by atoms with E-state index in [9.17, 15) is 5.11 Å². The van der Waals surface area contributed by atoms with Crippen molar-refractivity contribution in [3.63, 3.8) is 0 Å². The average Bonchev–Trinajstić information content (AvgIpc) is 1.95. The first-order valence-electron chi connectivity index (χ1n) is 5.63. The minimum absolute atomic E-state index is 0.146. The molecule has 1 N–H and O–H groups in total. The first kappa shape index (κ1) is 13.0. The molecule has 0 spiro atoms. The normalized spacial score (nSPS) is 16.6. The van der Waals surface area contributed by atoms with Gasteiger partial charge in [-0.3, -0.25) is 0 Å². The lowest BCUT2D eigenvalue weighted by Gasteiger charge is -2.23. The van der Waals surface area contributed by atoms with Crippen LogP contribution in [0.4, 0.5) is 0 Å². The fourth-order valence-corrected chi connectivity index (χ4v) is 1.89. The Hall–Kier alpha value is -0.0400. The highest BCUT2D eigenvalue weighted by Gasteiger charge is 2.18. The van der Waals surface area contributed by atoms with E-state index in [0.29, 0.717) is 11.8 Å². The molecule has 80 valence electrons. The SMILES string of the molecule is CC(C)CCCC(C(C)C)C(C)O. The molecule has 0 fully saturated rings. The minimum Gasteiger partial charge on any atom is -0.393 e. The van der Waals surface area contributed by atoms with Crippen LogP contribution < -0.4 is 0 Å². The molecule has 13 heavy (non-hydrogen) atoms. The quantitative estimate of drug-likeness (QED) is 0.673. The van der Waals surface area contributed by atoms with Crippen LogP contribution in [0.2, 0.25) is 0 Å². The van der Waals surface area contributed by atoms with E-state index in [1.807, 2.05) is 6.92 Å². The molecule has 0 radical (unpaired) electrons. The molecule has 0 aromatic heterocycles. The van der Waals surface area contributed by atoms with Gasteiger partial charge in [0, 0.05) is 0 Å². The number of aliphatic hydroxyl groups is 1. The first-order chi connectivity index (χ1) is 5.95. The number of aliphatic hydroxyl groups excluding tert-OH is 1. The third-order valence-corrected chi connectivity index (χ3v) is 2.79. The predicted molar refractivity (Wildman–Crippen MR) is 58.7 cm³/mol. The van der Waals surface area contributed by atoms with Gasteiger partial charge in [-0.05, 0) is 31.1 Å². The Kier molecular flexibility index (Phi) is 6.40. The maximum absolute atomic E-state index is 9.55. The van der Waals surface area contributed by atoms with Crippen LogP contribution >= 0.6 is 0 Å². The Morgan fingerprint density at radius 3 is 1.77 bits per heavy atom. The maximum Gasteiger partial charge on any atom is 0.0542 e. The standard InChI is InChI=1S/C12H26O/c1-9(2)7-6-8-12(10(3)4)11(5)13/h9-13H,6-8H2,1-5H3. The number of hydrogen-bond acceptors (Lipinski definition) is 1. The van der Waals surface area contributed by atoms with Gasteiger partial charge in [0.1, 0.15) is 0 Å². The highest BCUT2D eigenvalue weighted by atomic mass is 16.3. The van der Waals surface area contributed by atoms with Crippen molar-refractivity contribution >= 4 is 0 Å². The van der Waals surface area contributed by atoms with Crippen LogP contribution in [-0.4, -0.2) is 11.2 Å². The van der Waals surface area contributed by atoms with E-state index in [2.05, 4.69) is 27.7 Å². The Morgan fingerprint density at radius 1 is 0.923 bits per heavy atom. The van der Waals surface area contributed by atoms with Gasteiger partial charge in [-0.15, -0.1) is 0 Å². The zero-order chi connectivity index (χ0) is 10.4. The van der Waals surface area contributed by atoms with Gasteiger partial charge < -0.3 is 5.11 Å². The monoisotopic (exact) mass is 186 g/mol. The lowest BCUT2D eigenvalue weighted by atomic mass is 9.86. The molecular formula is C12H26O. The first-order valence-corrected chi connectivity index (χ1v) is 5.63. The van der Waals surface area contributed by atoms with Crippen molar-refractivity contribution < 1.29 is 5.11 Å². The topological polar surface area (TPSA) is 20.2 Å². The van der Waals surface area contributed by atoms with E-state index in [4.69, 9.17) is 0 Å². The summed E-state index contributed by atoms with van der Waals surface area (Å²) in [7, 11) is 0. The van der Waals surface area contributed by atoms with Crippen molar-refractivity contribution in [3.05, 3.63) is 0 Å². The molecule has 0 saturated carbocycles. The van der Waals surface area contributed by atoms with Gasteiger partial charge in [0.05, 0.1) is 6.10 Å². The molecule has 0 bridgehead atoms. The van der Waals surface area contributed by atoms with Crippen LogP contribution in [0, 0.1) is 17.8 Å². The summed E-state index contributed by atoms with van der Waals surface area (Å²) in [5.41, 5.74) is 0. The van der Waals surface area contributed by atoms with Crippen LogP contribution in [0.3, 0.4) is 0 Å². The van der Waals surface area contributed by atoms with Crippen molar-refractivity contribution in [1.82, 2.24) is 0 Å². The smallest absolute Gasteiger partial charge is 0.0542 e.